The third kappa shape index (κ3) is 4.97. The summed E-state index contributed by atoms with van der Waals surface area (Å²) >= 11 is 0. The van der Waals surface area contributed by atoms with Crippen LogP contribution in [0.3, 0.4) is 0 Å². The van der Waals surface area contributed by atoms with Crippen molar-refractivity contribution in [3.8, 4) is 0 Å². The van der Waals surface area contributed by atoms with Gasteiger partial charge in [0.1, 0.15) is 6.04 Å². The molecule has 0 aliphatic heterocycles. The molecule has 2 rings (SSSR count). The van der Waals surface area contributed by atoms with Crippen LogP contribution in [0.15, 0.2) is 24.3 Å². The van der Waals surface area contributed by atoms with E-state index in [0.717, 1.165) is 18.4 Å². The number of ether oxygens (including phenoxy) is 1. The molecule has 0 bridgehead atoms. The van der Waals surface area contributed by atoms with Crippen molar-refractivity contribution in [2.24, 2.45) is 5.73 Å². The summed E-state index contributed by atoms with van der Waals surface area (Å²) in [6, 6.07) is 8.30. The first-order valence-electron chi connectivity index (χ1n) is 7.66. The van der Waals surface area contributed by atoms with Gasteiger partial charge in [-0.2, -0.15) is 0 Å². The molecule has 1 aliphatic carbocycles. The van der Waals surface area contributed by atoms with Crippen LogP contribution in [0.5, 0.6) is 0 Å². The van der Waals surface area contributed by atoms with E-state index in [1.807, 2.05) is 4.90 Å². The summed E-state index contributed by atoms with van der Waals surface area (Å²) in [7, 11) is 1.57. The SMILES string of the molecule is COCC(N)C(=O)N(Cc1ccc(C(C)C)cc1)C1CC1.Cl. The van der Waals surface area contributed by atoms with Crippen molar-refractivity contribution >= 4 is 18.3 Å². The summed E-state index contributed by atoms with van der Waals surface area (Å²) in [4.78, 5) is 14.3. The number of nitrogens with zero attached hydrogens (tertiary/aromatic N) is 1. The van der Waals surface area contributed by atoms with Crippen LogP contribution in [0, 0.1) is 0 Å². The minimum atomic E-state index is -0.564. The van der Waals surface area contributed by atoms with Crippen LogP contribution in [0.25, 0.3) is 0 Å². The predicted molar refractivity (Wildman–Crippen MR) is 91.2 cm³/mol. The maximum atomic E-state index is 12.4. The van der Waals surface area contributed by atoms with Crippen LogP contribution >= 0.6 is 12.4 Å². The summed E-state index contributed by atoms with van der Waals surface area (Å²) in [6.07, 6.45) is 2.16. The Labute approximate surface area is 139 Å². The van der Waals surface area contributed by atoms with Crippen LogP contribution in [0.2, 0.25) is 0 Å². The lowest BCUT2D eigenvalue weighted by molar-refractivity contribution is -0.135. The molecule has 0 radical (unpaired) electrons. The monoisotopic (exact) mass is 326 g/mol. The number of benzene rings is 1. The molecule has 4 nitrogen and oxygen atoms in total. The van der Waals surface area contributed by atoms with E-state index in [1.54, 1.807) is 7.11 Å². The smallest absolute Gasteiger partial charge is 0.242 e. The number of carbonyl (C=O) groups is 1. The lowest BCUT2D eigenvalue weighted by atomic mass is 10.0. The highest BCUT2D eigenvalue weighted by Gasteiger charge is 2.34. The zero-order valence-electron chi connectivity index (χ0n) is 13.6. The van der Waals surface area contributed by atoms with Gasteiger partial charge < -0.3 is 15.4 Å². The van der Waals surface area contributed by atoms with E-state index >= 15 is 0 Å². The molecule has 124 valence electrons. The van der Waals surface area contributed by atoms with Crippen molar-refractivity contribution < 1.29 is 9.53 Å². The molecule has 0 aromatic heterocycles. The van der Waals surface area contributed by atoms with Crippen LogP contribution in [0.1, 0.15) is 43.7 Å². The minimum Gasteiger partial charge on any atom is -0.383 e. The van der Waals surface area contributed by atoms with Gasteiger partial charge in [0.2, 0.25) is 5.91 Å². The highest BCUT2D eigenvalue weighted by molar-refractivity contribution is 5.85. The van der Waals surface area contributed by atoms with Crippen molar-refractivity contribution in [1.82, 2.24) is 4.90 Å². The first kappa shape index (κ1) is 18.9. The van der Waals surface area contributed by atoms with Crippen LogP contribution in [-0.4, -0.2) is 36.6 Å². The number of hydrogen-bond acceptors (Lipinski definition) is 3. The zero-order chi connectivity index (χ0) is 15.4. The second kappa shape index (κ2) is 8.51. The first-order chi connectivity index (χ1) is 10.0. The third-order valence-electron chi connectivity index (χ3n) is 3.93. The lowest BCUT2D eigenvalue weighted by Gasteiger charge is -2.25. The van der Waals surface area contributed by atoms with Crippen molar-refractivity contribution in [2.45, 2.75) is 51.2 Å². The van der Waals surface area contributed by atoms with Crippen molar-refractivity contribution in [2.75, 3.05) is 13.7 Å². The van der Waals surface area contributed by atoms with E-state index in [-0.39, 0.29) is 24.9 Å². The molecule has 0 spiro atoms. The van der Waals surface area contributed by atoms with Gasteiger partial charge in [0, 0.05) is 19.7 Å². The number of methoxy groups -OCH3 is 1. The fraction of sp³-hybridized carbons (Fsp3) is 0.588. The topological polar surface area (TPSA) is 55.6 Å². The summed E-state index contributed by atoms with van der Waals surface area (Å²) in [5.41, 5.74) is 8.37. The van der Waals surface area contributed by atoms with E-state index in [9.17, 15) is 4.79 Å². The van der Waals surface area contributed by atoms with Crippen LogP contribution in [0.4, 0.5) is 0 Å². The molecule has 1 amide bonds. The standard InChI is InChI=1S/C17H26N2O2.ClH/c1-12(2)14-6-4-13(5-7-14)10-19(15-8-9-15)17(20)16(18)11-21-3;/h4-7,12,15-16H,8-11,18H2,1-3H3;1H. The summed E-state index contributed by atoms with van der Waals surface area (Å²) in [5, 5.41) is 0. The Morgan fingerprint density at radius 3 is 2.36 bits per heavy atom. The second-order valence-corrected chi connectivity index (χ2v) is 6.16. The quantitative estimate of drug-likeness (QED) is 0.838. The normalized spacial score (nSPS) is 15.3. The van der Waals surface area contributed by atoms with E-state index in [0.29, 0.717) is 18.5 Å². The molecule has 1 aromatic carbocycles. The molecule has 22 heavy (non-hydrogen) atoms. The van der Waals surface area contributed by atoms with Crippen molar-refractivity contribution in [3.63, 3.8) is 0 Å². The number of nitrogens with two attached hydrogens (primary N) is 1. The largest absolute Gasteiger partial charge is 0.383 e. The van der Waals surface area contributed by atoms with E-state index in [2.05, 4.69) is 38.1 Å². The lowest BCUT2D eigenvalue weighted by Crippen LogP contribution is -2.46. The van der Waals surface area contributed by atoms with Crippen LogP contribution in [-0.2, 0) is 16.1 Å². The maximum absolute atomic E-state index is 12.4. The van der Waals surface area contributed by atoms with Gasteiger partial charge >= 0.3 is 0 Å². The summed E-state index contributed by atoms with van der Waals surface area (Å²) < 4.78 is 4.99. The fourth-order valence-electron chi connectivity index (χ4n) is 2.44. The van der Waals surface area contributed by atoms with Gasteiger partial charge in [0.25, 0.3) is 0 Å². The predicted octanol–water partition coefficient (Wildman–Crippen LogP) is 2.70. The molecule has 1 unspecified atom stereocenters. The molecular formula is C17H27ClN2O2. The average molecular weight is 327 g/mol. The molecular weight excluding hydrogens is 300 g/mol. The Morgan fingerprint density at radius 1 is 1.32 bits per heavy atom. The third-order valence-corrected chi connectivity index (χ3v) is 3.93. The van der Waals surface area contributed by atoms with E-state index < -0.39 is 6.04 Å². The Kier molecular flexibility index (Phi) is 7.33. The molecule has 1 saturated carbocycles. The molecule has 0 saturated heterocycles. The zero-order valence-corrected chi connectivity index (χ0v) is 14.4. The van der Waals surface area contributed by atoms with E-state index in [4.69, 9.17) is 10.5 Å². The average Bonchev–Trinajstić information content (AvgIpc) is 3.29. The van der Waals surface area contributed by atoms with Crippen molar-refractivity contribution in [3.05, 3.63) is 35.4 Å². The minimum absolute atomic E-state index is 0. The number of carbonyl (C=O) groups excluding carboxylic acids is 1. The Hall–Kier alpha value is -1.10. The van der Waals surface area contributed by atoms with Gasteiger partial charge in [-0.3, -0.25) is 4.79 Å². The fourth-order valence-corrected chi connectivity index (χ4v) is 2.44. The Balaban J connectivity index is 0.00000242. The number of hydrogen-bond donors (Lipinski definition) is 1. The second-order valence-electron chi connectivity index (χ2n) is 6.16. The van der Waals surface area contributed by atoms with Crippen LogP contribution < -0.4 is 5.73 Å². The highest BCUT2D eigenvalue weighted by Crippen LogP contribution is 2.29. The van der Waals surface area contributed by atoms with Gasteiger partial charge in [-0.25, -0.2) is 0 Å². The van der Waals surface area contributed by atoms with E-state index in [1.165, 1.54) is 5.56 Å². The molecule has 0 heterocycles. The Morgan fingerprint density at radius 2 is 1.91 bits per heavy atom. The van der Waals surface area contributed by atoms with Gasteiger partial charge in [-0.05, 0) is 29.9 Å². The van der Waals surface area contributed by atoms with Gasteiger partial charge in [0.15, 0.2) is 0 Å². The number of halogens is 1. The summed E-state index contributed by atoms with van der Waals surface area (Å²) in [6.45, 7) is 5.27. The summed E-state index contributed by atoms with van der Waals surface area (Å²) in [5.74, 6) is 0.516. The first-order valence-corrected chi connectivity index (χ1v) is 7.66. The molecule has 2 N–H and O–H groups in total. The molecule has 1 atom stereocenters. The molecule has 5 heteroatoms. The number of amides is 1. The maximum Gasteiger partial charge on any atom is 0.242 e. The molecule has 1 fully saturated rings. The Bertz CT molecular complexity index is 472. The highest BCUT2D eigenvalue weighted by atomic mass is 35.5. The van der Waals surface area contributed by atoms with Gasteiger partial charge in [-0.15, -0.1) is 12.4 Å². The molecule has 1 aromatic rings. The number of rotatable bonds is 7. The molecule has 1 aliphatic rings. The van der Waals surface area contributed by atoms with Gasteiger partial charge in [0.05, 0.1) is 6.61 Å². The van der Waals surface area contributed by atoms with Crippen molar-refractivity contribution in [1.29, 1.82) is 0 Å². The van der Waals surface area contributed by atoms with Gasteiger partial charge in [-0.1, -0.05) is 38.1 Å².